The molecule has 110 valence electrons. The van der Waals surface area contributed by atoms with Crippen LogP contribution in [-0.2, 0) is 4.74 Å². The number of carbonyl (C=O) groups is 1. The van der Waals surface area contributed by atoms with Gasteiger partial charge in [-0.25, -0.2) is 4.79 Å². The zero-order chi connectivity index (χ0) is 15.1. The number of hydrogen-bond acceptors (Lipinski definition) is 4. The molecule has 2 N–H and O–H groups in total. The van der Waals surface area contributed by atoms with Gasteiger partial charge in [-0.05, 0) is 36.8 Å². The largest absolute Gasteiger partial charge is 0.454 e. The second-order valence-electron chi connectivity index (χ2n) is 4.69. The summed E-state index contributed by atoms with van der Waals surface area (Å²) in [5.41, 5.74) is 2.33. The lowest BCUT2D eigenvalue weighted by Crippen LogP contribution is -2.10. The lowest BCUT2D eigenvalue weighted by molar-refractivity contribution is 0.0338. The number of aliphatic hydroxyl groups excluding tert-OH is 1. The van der Waals surface area contributed by atoms with Crippen molar-refractivity contribution in [3.05, 3.63) is 65.7 Å². The molecule has 0 aliphatic heterocycles. The molecule has 4 nitrogen and oxygen atoms in total. The van der Waals surface area contributed by atoms with Crippen LogP contribution in [-0.4, -0.2) is 24.2 Å². The standard InChI is InChI=1S/C17H19NO3/c1-13(14-5-3-2-4-6-14)21-17(20)15-7-9-16(10-8-15)18-11-12-19/h2-10,13,18-19H,11-12H2,1H3. The molecule has 0 bridgehead atoms. The van der Waals surface area contributed by atoms with Crippen molar-refractivity contribution in [2.24, 2.45) is 0 Å². The highest BCUT2D eigenvalue weighted by Gasteiger charge is 2.13. The van der Waals surface area contributed by atoms with Crippen molar-refractivity contribution in [1.29, 1.82) is 0 Å². The second-order valence-corrected chi connectivity index (χ2v) is 4.69. The fourth-order valence-corrected chi connectivity index (χ4v) is 1.95. The van der Waals surface area contributed by atoms with Crippen molar-refractivity contribution in [3.63, 3.8) is 0 Å². The quantitative estimate of drug-likeness (QED) is 0.801. The van der Waals surface area contributed by atoms with Crippen LogP contribution in [0.5, 0.6) is 0 Å². The molecule has 0 radical (unpaired) electrons. The molecule has 0 saturated heterocycles. The number of aliphatic hydroxyl groups is 1. The van der Waals surface area contributed by atoms with Crippen molar-refractivity contribution < 1.29 is 14.6 Å². The Labute approximate surface area is 124 Å². The van der Waals surface area contributed by atoms with Crippen LogP contribution in [0.4, 0.5) is 5.69 Å². The third-order valence-electron chi connectivity index (χ3n) is 3.11. The highest BCUT2D eigenvalue weighted by Crippen LogP contribution is 2.19. The van der Waals surface area contributed by atoms with Crippen LogP contribution in [0.2, 0.25) is 0 Å². The summed E-state index contributed by atoms with van der Waals surface area (Å²) in [6.45, 7) is 2.40. The molecule has 1 unspecified atom stereocenters. The summed E-state index contributed by atoms with van der Waals surface area (Å²) in [6, 6.07) is 16.6. The van der Waals surface area contributed by atoms with Gasteiger partial charge in [-0.1, -0.05) is 30.3 Å². The van der Waals surface area contributed by atoms with Gasteiger partial charge in [-0.15, -0.1) is 0 Å². The number of nitrogens with one attached hydrogen (secondary N) is 1. The van der Waals surface area contributed by atoms with Gasteiger partial charge in [0, 0.05) is 12.2 Å². The fourth-order valence-electron chi connectivity index (χ4n) is 1.95. The van der Waals surface area contributed by atoms with Crippen LogP contribution >= 0.6 is 0 Å². The number of carbonyl (C=O) groups excluding carboxylic acids is 1. The van der Waals surface area contributed by atoms with Gasteiger partial charge in [0.1, 0.15) is 6.10 Å². The van der Waals surface area contributed by atoms with Crippen LogP contribution in [0.15, 0.2) is 54.6 Å². The molecule has 0 fully saturated rings. The smallest absolute Gasteiger partial charge is 0.338 e. The van der Waals surface area contributed by atoms with Crippen LogP contribution in [0.3, 0.4) is 0 Å². The van der Waals surface area contributed by atoms with E-state index < -0.39 is 0 Å². The van der Waals surface area contributed by atoms with Crippen molar-refractivity contribution in [3.8, 4) is 0 Å². The molecule has 2 rings (SSSR count). The van der Waals surface area contributed by atoms with Crippen molar-refractivity contribution in [2.45, 2.75) is 13.0 Å². The van der Waals surface area contributed by atoms with E-state index in [1.54, 1.807) is 24.3 Å². The maximum Gasteiger partial charge on any atom is 0.338 e. The number of rotatable bonds is 6. The Bertz CT molecular complexity index is 566. The first-order valence-corrected chi connectivity index (χ1v) is 6.91. The van der Waals surface area contributed by atoms with Gasteiger partial charge < -0.3 is 15.2 Å². The third-order valence-corrected chi connectivity index (χ3v) is 3.11. The van der Waals surface area contributed by atoms with E-state index >= 15 is 0 Å². The Morgan fingerprint density at radius 2 is 1.81 bits per heavy atom. The van der Waals surface area contributed by atoms with Gasteiger partial charge in [-0.3, -0.25) is 0 Å². The minimum Gasteiger partial charge on any atom is -0.454 e. The van der Waals surface area contributed by atoms with Gasteiger partial charge in [0.25, 0.3) is 0 Å². The second kappa shape index (κ2) is 7.45. The Morgan fingerprint density at radius 3 is 2.43 bits per heavy atom. The number of anilines is 1. The van der Waals surface area contributed by atoms with E-state index in [2.05, 4.69) is 5.32 Å². The third kappa shape index (κ3) is 4.33. The first-order chi connectivity index (χ1) is 10.2. The van der Waals surface area contributed by atoms with Gasteiger partial charge in [-0.2, -0.15) is 0 Å². The van der Waals surface area contributed by atoms with Crippen molar-refractivity contribution >= 4 is 11.7 Å². The normalized spacial score (nSPS) is 11.7. The Morgan fingerprint density at radius 1 is 1.14 bits per heavy atom. The highest BCUT2D eigenvalue weighted by molar-refractivity contribution is 5.90. The summed E-state index contributed by atoms with van der Waals surface area (Å²) < 4.78 is 5.44. The number of hydrogen-bond donors (Lipinski definition) is 2. The van der Waals surface area contributed by atoms with Gasteiger partial charge >= 0.3 is 5.97 Å². The van der Waals surface area contributed by atoms with E-state index in [4.69, 9.17) is 9.84 Å². The average Bonchev–Trinajstić information content (AvgIpc) is 2.54. The summed E-state index contributed by atoms with van der Waals surface area (Å²) in [5.74, 6) is -0.347. The van der Waals surface area contributed by atoms with E-state index in [1.165, 1.54) is 0 Å². The Hall–Kier alpha value is -2.33. The maximum absolute atomic E-state index is 12.1. The molecular weight excluding hydrogens is 266 g/mol. The lowest BCUT2D eigenvalue weighted by atomic mass is 10.1. The molecular formula is C17H19NO3. The average molecular weight is 285 g/mol. The monoisotopic (exact) mass is 285 g/mol. The van der Waals surface area contributed by atoms with E-state index in [-0.39, 0.29) is 18.7 Å². The first-order valence-electron chi connectivity index (χ1n) is 6.91. The van der Waals surface area contributed by atoms with Crippen LogP contribution in [0, 0.1) is 0 Å². The number of benzene rings is 2. The topological polar surface area (TPSA) is 58.6 Å². The molecule has 0 amide bonds. The predicted octanol–water partition coefficient (Wildman–Crippen LogP) is 3.01. The molecule has 21 heavy (non-hydrogen) atoms. The molecule has 0 spiro atoms. The van der Waals surface area contributed by atoms with Gasteiger partial charge in [0.2, 0.25) is 0 Å². The fraction of sp³-hybridized carbons (Fsp3) is 0.235. The summed E-state index contributed by atoms with van der Waals surface area (Å²) in [4.78, 5) is 12.1. The Kier molecular flexibility index (Phi) is 5.35. The summed E-state index contributed by atoms with van der Waals surface area (Å²) in [5, 5.41) is 11.8. The van der Waals surface area contributed by atoms with Crippen molar-refractivity contribution in [2.75, 3.05) is 18.5 Å². The van der Waals surface area contributed by atoms with E-state index in [0.717, 1.165) is 11.3 Å². The minimum atomic E-state index is -0.347. The van der Waals surface area contributed by atoms with E-state index in [0.29, 0.717) is 12.1 Å². The Balaban J connectivity index is 1.97. The molecule has 0 aromatic heterocycles. The molecule has 0 aliphatic carbocycles. The SMILES string of the molecule is CC(OC(=O)c1ccc(NCCO)cc1)c1ccccc1. The first kappa shape index (κ1) is 15.1. The van der Waals surface area contributed by atoms with Crippen molar-refractivity contribution in [1.82, 2.24) is 0 Å². The molecule has 0 heterocycles. The molecule has 0 saturated carbocycles. The zero-order valence-corrected chi connectivity index (χ0v) is 12.0. The molecule has 2 aromatic rings. The molecule has 2 aromatic carbocycles. The lowest BCUT2D eigenvalue weighted by Gasteiger charge is -2.13. The highest BCUT2D eigenvalue weighted by atomic mass is 16.5. The minimum absolute atomic E-state index is 0.0678. The van der Waals surface area contributed by atoms with Crippen LogP contribution < -0.4 is 5.32 Å². The summed E-state index contributed by atoms with van der Waals surface area (Å²) in [7, 11) is 0. The maximum atomic E-state index is 12.1. The van der Waals surface area contributed by atoms with Crippen LogP contribution in [0.25, 0.3) is 0 Å². The zero-order valence-electron chi connectivity index (χ0n) is 12.0. The molecule has 0 aliphatic rings. The van der Waals surface area contributed by atoms with Crippen LogP contribution in [0.1, 0.15) is 28.9 Å². The van der Waals surface area contributed by atoms with Gasteiger partial charge in [0.05, 0.1) is 12.2 Å². The van der Waals surface area contributed by atoms with E-state index in [1.807, 2.05) is 37.3 Å². The number of esters is 1. The van der Waals surface area contributed by atoms with Gasteiger partial charge in [0.15, 0.2) is 0 Å². The number of ether oxygens (including phenoxy) is 1. The van der Waals surface area contributed by atoms with E-state index in [9.17, 15) is 4.79 Å². The molecule has 4 heteroatoms. The summed E-state index contributed by atoms with van der Waals surface area (Å²) in [6.07, 6.45) is -0.286. The predicted molar refractivity (Wildman–Crippen MR) is 82.3 cm³/mol. The molecule has 1 atom stereocenters. The summed E-state index contributed by atoms with van der Waals surface area (Å²) >= 11 is 0.